The number of nitrogens with one attached hydrogen (secondary N) is 2. The highest BCUT2D eigenvalue weighted by atomic mass is 16.5. The van der Waals surface area contributed by atoms with Crippen LogP contribution in [0, 0.1) is 21.7 Å². The van der Waals surface area contributed by atoms with Gasteiger partial charge in [-0.1, -0.05) is 132 Å². The Morgan fingerprint density at radius 1 is 0.359 bits per heavy atom. The first-order valence-corrected chi connectivity index (χ1v) is 22.0. The van der Waals surface area contributed by atoms with Gasteiger partial charge in [0.25, 0.3) is 0 Å². The van der Waals surface area contributed by atoms with Crippen molar-refractivity contribution in [3.05, 3.63) is 72.8 Å². The maximum Gasteiger partial charge on any atom is 0.168 e. The van der Waals surface area contributed by atoms with Crippen molar-refractivity contribution in [1.82, 2.24) is 39.9 Å². The minimum absolute atomic E-state index is 0.0960. The van der Waals surface area contributed by atoms with Gasteiger partial charge in [0.05, 0.1) is 48.3 Å². The summed E-state index contributed by atoms with van der Waals surface area (Å²) < 4.78 is 26.3. The maximum atomic E-state index is 6.58. The third-order valence-electron chi connectivity index (χ3n) is 10.4. The topological polar surface area (TPSA) is 146 Å². The lowest BCUT2D eigenvalue weighted by Gasteiger charge is -2.20. The van der Waals surface area contributed by atoms with Crippen molar-refractivity contribution in [2.45, 2.75) is 83.1 Å². The number of hydrogen-bond donors (Lipinski definition) is 2. The summed E-state index contributed by atoms with van der Waals surface area (Å²) in [5.74, 6) is 4.52. The van der Waals surface area contributed by atoms with Crippen LogP contribution >= 0.6 is 0 Å². The number of hydrogen-bond acceptors (Lipinski definition) is 10. The van der Waals surface area contributed by atoms with Crippen molar-refractivity contribution in [2.24, 2.45) is 21.7 Å². The van der Waals surface area contributed by atoms with E-state index in [0.717, 1.165) is 43.8 Å². The molecule has 2 aliphatic rings. The molecule has 330 valence electrons. The van der Waals surface area contributed by atoms with Gasteiger partial charge in [0.2, 0.25) is 0 Å². The van der Waals surface area contributed by atoms with E-state index in [4.69, 9.17) is 48.9 Å². The van der Waals surface area contributed by atoms with E-state index in [1.165, 1.54) is 0 Å². The molecule has 12 heteroatoms. The van der Waals surface area contributed by atoms with Crippen LogP contribution in [0.3, 0.4) is 0 Å². The summed E-state index contributed by atoms with van der Waals surface area (Å²) in [6.45, 7) is 27.7. The maximum absolute atomic E-state index is 6.58. The largest absolute Gasteiger partial charge is 0.492 e. The number of aromatic amines is 2. The molecule has 12 nitrogen and oxygen atoms in total. The Balaban J connectivity index is 1.42. The van der Waals surface area contributed by atoms with Crippen LogP contribution in [0.15, 0.2) is 72.8 Å². The number of H-pyrrole nitrogens is 2. The third-order valence-corrected chi connectivity index (χ3v) is 10.4. The Morgan fingerprint density at radius 3 is 1.03 bits per heavy atom. The van der Waals surface area contributed by atoms with Gasteiger partial charge in [0.1, 0.15) is 45.6 Å². The summed E-state index contributed by atoms with van der Waals surface area (Å²) in [6.07, 6.45) is 0. The van der Waals surface area contributed by atoms with Gasteiger partial charge in [-0.2, -0.15) is 0 Å². The van der Waals surface area contributed by atoms with Crippen LogP contribution in [0.25, 0.3) is 89.7 Å². The Morgan fingerprint density at radius 2 is 0.672 bits per heavy atom. The lowest BCUT2D eigenvalue weighted by Crippen LogP contribution is -2.17. The van der Waals surface area contributed by atoms with Crippen molar-refractivity contribution in [2.75, 3.05) is 26.4 Å². The Hall–Kier alpha value is -6.56. The highest BCUT2D eigenvalue weighted by Crippen LogP contribution is 2.45. The van der Waals surface area contributed by atoms with Crippen molar-refractivity contribution < 1.29 is 18.9 Å². The molecule has 0 fully saturated rings. The molecule has 5 heterocycles. The smallest absolute Gasteiger partial charge is 0.168 e. The normalized spacial score (nSPS) is 12.9. The van der Waals surface area contributed by atoms with E-state index in [0.29, 0.717) is 95.3 Å². The van der Waals surface area contributed by atoms with Gasteiger partial charge in [-0.15, -0.1) is 0 Å². The fourth-order valence-corrected chi connectivity index (χ4v) is 7.52. The summed E-state index contributed by atoms with van der Waals surface area (Å²) >= 11 is 0. The number of rotatable bonds is 8. The Labute approximate surface area is 374 Å². The van der Waals surface area contributed by atoms with Gasteiger partial charge < -0.3 is 28.9 Å². The number of ether oxygens (including phenoxy) is 4. The minimum atomic E-state index is -0.0980. The second kappa shape index (κ2) is 15.6. The molecule has 2 aliphatic heterocycles. The highest BCUT2D eigenvalue weighted by molar-refractivity contribution is 6.10. The highest BCUT2D eigenvalue weighted by Gasteiger charge is 2.29. The fraction of sp³-hybridized carbons (Fsp3) is 0.385. The van der Waals surface area contributed by atoms with Gasteiger partial charge in [-0.25, -0.2) is 29.9 Å². The van der Waals surface area contributed by atoms with Crippen LogP contribution < -0.4 is 18.9 Å². The zero-order valence-electron chi connectivity index (χ0n) is 39.1. The van der Waals surface area contributed by atoms with Crippen LogP contribution in [0.2, 0.25) is 0 Å². The molecule has 0 amide bonds. The SMILES string of the molecule is CC(C)(C)COc1cccc2c1-c1nc-2nc2[nH]c(nc3nc(nc4[nH]c(n1)c1cccc(OCC(C)(C)C)c41)-c1cccc(OCC(C)(C)C)c1-3)c1cccc(OCC(C)(C)C)c21. The molecule has 0 saturated carbocycles. The van der Waals surface area contributed by atoms with Gasteiger partial charge >= 0.3 is 0 Å². The summed E-state index contributed by atoms with van der Waals surface area (Å²) in [6, 6.07) is 23.9. The van der Waals surface area contributed by atoms with E-state index in [1.807, 2.05) is 72.8 Å². The molecule has 0 unspecified atom stereocenters. The average molecular weight is 859 g/mol. The first-order chi connectivity index (χ1) is 30.2. The first-order valence-electron chi connectivity index (χ1n) is 22.0. The van der Waals surface area contributed by atoms with E-state index in [1.54, 1.807) is 0 Å². The zero-order chi connectivity index (χ0) is 45.3. The predicted molar refractivity (Wildman–Crippen MR) is 256 cm³/mol. The van der Waals surface area contributed by atoms with Crippen LogP contribution in [-0.2, 0) is 0 Å². The van der Waals surface area contributed by atoms with Crippen LogP contribution in [0.5, 0.6) is 23.0 Å². The molecule has 8 bridgehead atoms. The number of benzene rings is 4. The average Bonchev–Trinajstić information content (AvgIpc) is 3.95. The molecule has 3 aromatic heterocycles. The van der Waals surface area contributed by atoms with Crippen molar-refractivity contribution in [1.29, 1.82) is 0 Å². The van der Waals surface area contributed by atoms with E-state index in [2.05, 4.69) is 93.1 Å². The molecule has 7 aromatic rings. The summed E-state index contributed by atoms with van der Waals surface area (Å²) in [5.41, 5.74) is 4.86. The van der Waals surface area contributed by atoms with E-state index in [9.17, 15) is 0 Å². The molecule has 0 saturated heterocycles. The van der Waals surface area contributed by atoms with Crippen molar-refractivity contribution in [3.63, 3.8) is 0 Å². The molecule has 64 heavy (non-hydrogen) atoms. The Bertz CT molecular complexity index is 2910. The predicted octanol–water partition coefficient (Wildman–Crippen LogP) is 12.6. The van der Waals surface area contributed by atoms with Crippen LogP contribution in [0.4, 0.5) is 0 Å². The van der Waals surface area contributed by atoms with Crippen molar-refractivity contribution in [3.8, 4) is 68.5 Å². The first kappa shape index (κ1) is 42.7. The molecule has 4 aromatic carbocycles. The fourth-order valence-electron chi connectivity index (χ4n) is 7.52. The molecule has 0 aliphatic carbocycles. The summed E-state index contributed by atoms with van der Waals surface area (Å²) in [5, 5.41) is 3.17. The number of aromatic nitrogens is 8. The summed E-state index contributed by atoms with van der Waals surface area (Å²) in [7, 11) is 0. The van der Waals surface area contributed by atoms with Gasteiger partial charge in [0.15, 0.2) is 23.3 Å². The number of nitrogens with zero attached hydrogens (tertiary/aromatic N) is 6. The van der Waals surface area contributed by atoms with Gasteiger partial charge in [-0.3, -0.25) is 0 Å². The van der Waals surface area contributed by atoms with E-state index < -0.39 is 0 Å². The Kier molecular flexibility index (Phi) is 10.4. The standard InChI is InChI=1S/C52H58N8O4/c1-49(2,3)25-61-33-21-13-17-29-37(33)45-53-41(29)58-46-39-31(19-15-23-35(39)63-27-51(7,8)9)43(55-46)60-48-40-32(20-16-24-36(40)64-28-52(10,11)12)44(56-48)59-47-38-30(42(54-47)57-45)18-14-22-34(38)62-26-50(4,5)6/h13-24H,25-28H2,1-12H3,(H2,53,54,55,56,57,58,59,60). The van der Waals surface area contributed by atoms with Gasteiger partial charge in [0, 0.05) is 21.9 Å². The number of fused-ring (bicyclic) bond motifs is 20. The van der Waals surface area contributed by atoms with Crippen molar-refractivity contribution >= 4 is 44.1 Å². The molecule has 9 rings (SSSR count). The molecule has 2 N–H and O–H groups in total. The van der Waals surface area contributed by atoms with Crippen LogP contribution in [0.1, 0.15) is 83.1 Å². The van der Waals surface area contributed by atoms with Crippen LogP contribution in [-0.4, -0.2) is 66.3 Å². The molecule has 0 spiro atoms. The molecular formula is C52H58N8O4. The molecule has 0 atom stereocenters. The molecular weight excluding hydrogens is 801 g/mol. The summed E-state index contributed by atoms with van der Waals surface area (Å²) in [4.78, 5) is 38.9. The van der Waals surface area contributed by atoms with Gasteiger partial charge in [-0.05, 0) is 45.9 Å². The van der Waals surface area contributed by atoms with E-state index >= 15 is 0 Å². The second-order valence-corrected chi connectivity index (χ2v) is 21.7. The van der Waals surface area contributed by atoms with E-state index in [-0.39, 0.29) is 21.7 Å². The minimum Gasteiger partial charge on any atom is -0.492 e. The quantitative estimate of drug-likeness (QED) is 0.151. The monoisotopic (exact) mass is 858 g/mol. The lowest BCUT2D eigenvalue weighted by molar-refractivity contribution is 0.198. The molecule has 0 radical (unpaired) electrons. The zero-order valence-corrected chi connectivity index (χ0v) is 39.1. The lowest BCUT2D eigenvalue weighted by atomic mass is 9.98. The second-order valence-electron chi connectivity index (χ2n) is 21.7. The third kappa shape index (κ3) is 8.70.